The van der Waals surface area contributed by atoms with E-state index in [1.807, 2.05) is 36.4 Å². The number of fused-ring (bicyclic) bond motifs is 1. The van der Waals surface area contributed by atoms with E-state index in [9.17, 15) is 9.59 Å². The maximum Gasteiger partial charge on any atom is 0.265 e. The minimum absolute atomic E-state index is 0.0613. The van der Waals surface area contributed by atoms with Crippen LogP contribution in [0.15, 0.2) is 59.7 Å². The molecule has 32 heavy (non-hydrogen) atoms. The third-order valence-corrected chi connectivity index (χ3v) is 5.02. The van der Waals surface area contributed by atoms with Gasteiger partial charge >= 0.3 is 0 Å². The molecule has 2 heterocycles. The van der Waals surface area contributed by atoms with Gasteiger partial charge < -0.3 is 14.8 Å². The van der Waals surface area contributed by atoms with E-state index in [4.69, 9.17) is 21.1 Å². The Kier molecular flexibility index (Phi) is 6.37. The van der Waals surface area contributed by atoms with Gasteiger partial charge in [-0.05, 0) is 31.2 Å². The number of halogens is 1. The second kappa shape index (κ2) is 9.52. The molecule has 0 bridgehead atoms. The fourth-order valence-corrected chi connectivity index (χ4v) is 3.36. The highest BCUT2D eigenvalue weighted by molar-refractivity contribution is 6.32. The number of nitrogens with zero attached hydrogens (tertiary/aromatic N) is 3. The van der Waals surface area contributed by atoms with E-state index in [1.165, 1.54) is 6.21 Å². The molecular weight excluding hydrogens is 434 g/mol. The first kappa shape index (κ1) is 21.4. The summed E-state index contributed by atoms with van der Waals surface area (Å²) in [4.78, 5) is 24.3. The minimum atomic E-state index is -0.841. The average molecular weight is 454 g/mol. The number of hydrogen-bond acceptors (Lipinski definition) is 6. The van der Waals surface area contributed by atoms with E-state index in [0.717, 1.165) is 5.69 Å². The van der Waals surface area contributed by atoms with Crippen molar-refractivity contribution >= 4 is 29.6 Å². The average Bonchev–Trinajstić information content (AvgIpc) is 3.11. The van der Waals surface area contributed by atoms with E-state index in [1.54, 1.807) is 29.8 Å². The third-order valence-electron chi connectivity index (χ3n) is 4.66. The van der Waals surface area contributed by atoms with Crippen LogP contribution in [0.3, 0.4) is 0 Å². The number of amides is 2. The lowest BCUT2D eigenvalue weighted by atomic mass is 10.2. The van der Waals surface area contributed by atoms with Gasteiger partial charge in [0.15, 0.2) is 11.5 Å². The minimum Gasteiger partial charge on any atom is -0.485 e. The number of ether oxygens (including phenoxy) is 2. The monoisotopic (exact) mass is 453 g/mol. The van der Waals surface area contributed by atoms with Crippen LogP contribution in [0.4, 0.5) is 0 Å². The number of carbonyl (C=O) groups is 2. The standard InChI is InChI=1S/C22H20ClN5O4/c1-14-16(21(23)28(27-14)15-7-3-2-4-8-15)11-25-26-20(29)12-24-22(30)19-13-31-17-9-5-6-10-18(17)32-19/h2-11,19H,12-13H2,1H3,(H,24,30)(H,26,29)/b25-11-/t19-/m0/s1. The fourth-order valence-electron chi connectivity index (χ4n) is 3.04. The predicted molar refractivity (Wildman–Crippen MR) is 118 cm³/mol. The number of aromatic nitrogens is 2. The van der Waals surface area contributed by atoms with Crippen molar-refractivity contribution in [3.05, 3.63) is 71.0 Å². The summed E-state index contributed by atoms with van der Waals surface area (Å²) in [6.07, 6.45) is 0.574. The summed E-state index contributed by atoms with van der Waals surface area (Å²) >= 11 is 6.42. The summed E-state index contributed by atoms with van der Waals surface area (Å²) in [6.45, 7) is 1.58. The van der Waals surface area contributed by atoms with Crippen LogP contribution in [-0.4, -0.2) is 47.1 Å². The van der Waals surface area contributed by atoms with Gasteiger partial charge in [0.1, 0.15) is 11.8 Å². The quantitative estimate of drug-likeness (QED) is 0.439. The molecule has 0 spiro atoms. The zero-order valence-corrected chi connectivity index (χ0v) is 17.9. The summed E-state index contributed by atoms with van der Waals surface area (Å²) in [5, 5.41) is 11.2. The lowest BCUT2D eigenvalue weighted by molar-refractivity contribution is -0.132. The van der Waals surface area contributed by atoms with Crippen LogP contribution < -0.4 is 20.2 Å². The Morgan fingerprint density at radius 1 is 1.19 bits per heavy atom. The van der Waals surface area contributed by atoms with Gasteiger partial charge in [-0.15, -0.1) is 0 Å². The normalized spacial score (nSPS) is 14.9. The van der Waals surface area contributed by atoms with Gasteiger partial charge in [0.2, 0.25) is 6.10 Å². The molecule has 4 rings (SSSR count). The van der Waals surface area contributed by atoms with E-state index >= 15 is 0 Å². The van der Waals surface area contributed by atoms with Crippen molar-refractivity contribution in [2.24, 2.45) is 5.10 Å². The van der Waals surface area contributed by atoms with Crippen molar-refractivity contribution in [2.45, 2.75) is 13.0 Å². The molecule has 3 aromatic rings. The molecule has 0 saturated carbocycles. The fraction of sp³-hybridized carbons (Fsp3) is 0.182. The van der Waals surface area contributed by atoms with Crippen LogP contribution in [0, 0.1) is 6.92 Å². The summed E-state index contributed by atoms with van der Waals surface area (Å²) in [6, 6.07) is 16.5. The van der Waals surface area contributed by atoms with Crippen molar-refractivity contribution in [3.8, 4) is 17.2 Å². The van der Waals surface area contributed by atoms with Crippen LogP contribution in [0.2, 0.25) is 5.15 Å². The molecule has 0 aliphatic carbocycles. The molecule has 2 aromatic carbocycles. The van der Waals surface area contributed by atoms with Crippen LogP contribution in [0.5, 0.6) is 11.5 Å². The number of benzene rings is 2. The Balaban J connectivity index is 1.29. The maximum absolute atomic E-state index is 12.3. The molecule has 9 nitrogen and oxygen atoms in total. The van der Waals surface area contributed by atoms with E-state index < -0.39 is 17.9 Å². The molecule has 0 unspecified atom stereocenters. The second-order valence-corrected chi connectivity index (χ2v) is 7.27. The summed E-state index contributed by atoms with van der Waals surface area (Å²) in [7, 11) is 0. The number of hydrazone groups is 1. The Morgan fingerprint density at radius 2 is 1.91 bits per heavy atom. The highest BCUT2D eigenvalue weighted by Crippen LogP contribution is 2.30. The molecule has 1 aliphatic heterocycles. The molecule has 1 atom stereocenters. The molecule has 0 radical (unpaired) electrons. The van der Waals surface area contributed by atoms with Gasteiger partial charge in [0, 0.05) is 0 Å². The first-order chi connectivity index (χ1) is 15.5. The summed E-state index contributed by atoms with van der Waals surface area (Å²) in [5.41, 5.74) is 4.39. The zero-order valence-electron chi connectivity index (χ0n) is 17.1. The smallest absolute Gasteiger partial charge is 0.265 e. The molecule has 164 valence electrons. The van der Waals surface area contributed by atoms with Gasteiger partial charge in [-0.3, -0.25) is 9.59 Å². The van der Waals surface area contributed by atoms with Crippen molar-refractivity contribution in [1.82, 2.24) is 20.5 Å². The molecule has 1 aliphatic rings. The molecular formula is C22H20ClN5O4. The molecule has 2 N–H and O–H groups in total. The maximum atomic E-state index is 12.3. The number of aryl methyl sites for hydroxylation is 1. The van der Waals surface area contributed by atoms with E-state index in [0.29, 0.717) is 27.9 Å². The molecule has 1 aromatic heterocycles. The van der Waals surface area contributed by atoms with Crippen molar-refractivity contribution in [1.29, 1.82) is 0 Å². The summed E-state index contributed by atoms with van der Waals surface area (Å²) in [5.74, 6) is 0.0991. The summed E-state index contributed by atoms with van der Waals surface area (Å²) < 4.78 is 12.7. The van der Waals surface area contributed by atoms with Crippen LogP contribution in [-0.2, 0) is 9.59 Å². The number of rotatable bonds is 6. The van der Waals surface area contributed by atoms with Crippen LogP contribution >= 0.6 is 11.6 Å². The van der Waals surface area contributed by atoms with Crippen LogP contribution in [0.25, 0.3) is 5.69 Å². The lowest BCUT2D eigenvalue weighted by Gasteiger charge is -2.25. The lowest BCUT2D eigenvalue weighted by Crippen LogP contribution is -2.46. The van der Waals surface area contributed by atoms with Crippen molar-refractivity contribution in [3.63, 3.8) is 0 Å². The molecule has 0 fully saturated rings. The number of carbonyl (C=O) groups excluding carboxylic acids is 2. The predicted octanol–water partition coefficient (Wildman–Crippen LogP) is 2.24. The van der Waals surface area contributed by atoms with Gasteiger partial charge in [0.25, 0.3) is 11.8 Å². The van der Waals surface area contributed by atoms with Crippen molar-refractivity contribution in [2.75, 3.05) is 13.2 Å². The van der Waals surface area contributed by atoms with Gasteiger partial charge in [-0.1, -0.05) is 41.9 Å². The Morgan fingerprint density at radius 3 is 2.69 bits per heavy atom. The highest BCUT2D eigenvalue weighted by atomic mass is 35.5. The van der Waals surface area contributed by atoms with Gasteiger partial charge in [-0.25, -0.2) is 10.1 Å². The number of para-hydroxylation sites is 3. The van der Waals surface area contributed by atoms with Gasteiger partial charge in [-0.2, -0.15) is 10.2 Å². The zero-order chi connectivity index (χ0) is 22.5. The topological polar surface area (TPSA) is 107 Å². The molecule has 10 heteroatoms. The molecule has 0 saturated heterocycles. The third kappa shape index (κ3) is 4.73. The largest absolute Gasteiger partial charge is 0.485 e. The SMILES string of the molecule is Cc1nn(-c2ccccc2)c(Cl)c1/C=N\NC(=O)CNC(=O)[C@@H]1COc2ccccc2O1. The Hall–Kier alpha value is -3.85. The van der Waals surface area contributed by atoms with E-state index in [-0.39, 0.29) is 13.2 Å². The first-order valence-electron chi connectivity index (χ1n) is 9.81. The Bertz CT molecular complexity index is 1160. The van der Waals surface area contributed by atoms with Crippen molar-refractivity contribution < 1.29 is 19.1 Å². The second-order valence-electron chi connectivity index (χ2n) is 6.91. The Labute approximate surface area is 189 Å². The van der Waals surface area contributed by atoms with Gasteiger partial charge in [0.05, 0.1) is 29.7 Å². The number of nitrogens with one attached hydrogen (secondary N) is 2. The number of hydrogen-bond donors (Lipinski definition) is 2. The van der Waals surface area contributed by atoms with Crippen LogP contribution in [0.1, 0.15) is 11.3 Å². The highest BCUT2D eigenvalue weighted by Gasteiger charge is 2.27. The first-order valence-corrected chi connectivity index (χ1v) is 10.2. The molecule has 2 amide bonds. The van der Waals surface area contributed by atoms with E-state index in [2.05, 4.69) is 20.9 Å².